The van der Waals surface area contributed by atoms with Gasteiger partial charge in [-0.25, -0.2) is 0 Å². The van der Waals surface area contributed by atoms with Gasteiger partial charge in [0.05, 0.1) is 5.60 Å². The molecule has 0 radical (unpaired) electrons. The van der Waals surface area contributed by atoms with Crippen LogP contribution < -0.4 is 5.32 Å². The van der Waals surface area contributed by atoms with Crippen molar-refractivity contribution >= 4 is 23.2 Å². The first-order valence-electron chi connectivity index (χ1n) is 8.30. The van der Waals surface area contributed by atoms with E-state index in [2.05, 4.69) is 19.2 Å². The van der Waals surface area contributed by atoms with Gasteiger partial charge in [0, 0.05) is 34.0 Å². The molecule has 1 fully saturated rings. The van der Waals surface area contributed by atoms with Crippen molar-refractivity contribution in [3.63, 3.8) is 0 Å². The third-order valence-electron chi connectivity index (χ3n) is 5.66. The van der Waals surface area contributed by atoms with E-state index in [0.29, 0.717) is 0 Å². The maximum atomic E-state index is 11.2. The van der Waals surface area contributed by atoms with Crippen LogP contribution in [0.2, 0.25) is 10.0 Å². The van der Waals surface area contributed by atoms with Crippen LogP contribution in [0.4, 0.5) is 0 Å². The van der Waals surface area contributed by atoms with E-state index in [4.69, 9.17) is 23.2 Å². The molecule has 0 bridgehead atoms. The van der Waals surface area contributed by atoms with Gasteiger partial charge in [-0.15, -0.1) is 0 Å². The minimum absolute atomic E-state index is 0.0501. The van der Waals surface area contributed by atoms with Crippen LogP contribution in [0.3, 0.4) is 0 Å². The van der Waals surface area contributed by atoms with E-state index in [9.17, 15) is 5.11 Å². The highest BCUT2D eigenvalue weighted by Gasteiger charge is 2.48. The Hall–Kier alpha value is -1.06. The summed E-state index contributed by atoms with van der Waals surface area (Å²) < 4.78 is 0. The molecule has 0 saturated carbocycles. The van der Waals surface area contributed by atoms with E-state index >= 15 is 0 Å². The molecule has 2 aromatic rings. The molecule has 4 heteroatoms. The van der Waals surface area contributed by atoms with Gasteiger partial charge in [-0.3, -0.25) is 0 Å². The first-order valence-corrected chi connectivity index (χ1v) is 9.05. The van der Waals surface area contributed by atoms with Crippen molar-refractivity contribution in [2.24, 2.45) is 11.8 Å². The van der Waals surface area contributed by atoms with E-state index in [-0.39, 0.29) is 23.9 Å². The monoisotopic (exact) mass is 363 g/mol. The van der Waals surface area contributed by atoms with Gasteiger partial charge in [-0.05, 0) is 42.3 Å². The highest BCUT2D eigenvalue weighted by Crippen LogP contribution is 2.46. The lowest BCUT2D eigenvalue weighted by atomic mass is 9.67. The predicted octanol–water partition coefficient (Wildman–Crippen LogP) is 5.40. The quantitative estimate of drug-likeness (QED) is 0.748. The largest absolute Gasteiger partial charge is 0.389 e. The molecule has 4 atom stereocenters. The normalized spacial score (nSPS) is 33.4. The Morgan fingerprint density at radius 2 is 1.12 bits per heavy atom. The highest BCUT2D eigenvalue weighted by atomic mass is 35.5. The molecule has 0 aromatic heterocycles. The van der Waals surface area contributed by atoms with Gasteiger partial charge in [-0.1, -0.05) is 61.3 Å². The lowest BCUT2D eigenvalue weighted by Crippen LogP contribution is -2.56. The van der Waals surface area contributed by atoms with E-state index in [1.54, 1.807) is 0 Å². The SMILES string of the molecule is C[C@H]1[C@@H](c2ccc(Cl)cc2)N[C@H](c2ccc(Cl)cc2)[C@H](C)C1(C)O. The van der Waals surface area contributed by atoms with Crippen LogP contribution in [-0.4, -0.2) is 10.7 Å². The zero-order valence-corrected chi connectivity index (χ0v) is 15.6. The fourth-order valence-electron chi connectivity index (χ4n) is 3.68. The first kappa shape index (κ1) is 17.8. The molecule has 2 nitrogen and oxygen atoms in total. The molecule has 0 unspecified atom stereocenters. The summed E-state index contributed by atoms with van der Waals surface area (Å²) in [6.07, 6.45) is 0. The van der Waals surface area contributed by atoms with Crippen molar-refractivity contribution in [2.75, 3.05) is 0 Å². The van der Waals surface area contributed by atoms with Crippen LogP contribution in [0.5, 0.6) is 0 Å². The van der Waals surface area contributed by atoms with E-state index in [0.717, 1.165) is 21.2 Å². The Labute approximate surface area is 153 Å². The zero-order chi connectivity index (χ0) is 17.5. The number of hydrogen-bond acceptors (Lipinski definition) is 2. The summed E-state index contributed by atoms with van der Waals surface area (Å²) in [5.41, 5.74) is 1.48. The lowest BCUT2D eigenvalue weighted by molar-refractivity contribution is -0.0960. The Morgan fingerprint density at radius 3 is 1.46 bits per heavy atom. The van der Waals surface area contributed by atoms with Crippen LogP contribution >= 0.6 is 23.2 Å². The number of halogens is 2. The van der Waals surface area contributed by atoms with Crippen LogP contribution in [0.15, 0.2) is 48.5 Å². The Morgan fingerprint density at radius 1 is 0.792 bits per heavy atom. The van der Waals surface area contributed by atoms with E-state index in [1.807, 2.05) is 55.5 Å². The summed E-state index contributed by atoms with van der Waals surface area (Å²) in [6, 6.07) is 15.8. The van der Waals surface area contributed by atoms with Gasteiger partial charge in [0.25, 0.3) is 0 Å². The fraction of sp³-hybridized carbons (Fsp3) is 0.400. The van der Waals surface area contributed by atoms with Crippen LogP contribution in [0, 0.1) is 11.8 Å². The number of benzene rings is 2. The molecule has 0 aliphatic carbocycles. The van der Waals surface area contributed by atoms with Crippen molar-refractivity contribution < 1.29 is 5.11 Å². The Bertz CT molecular complexity index is 637. The Kier molecular flexibility index (Phi) is 4.94. The van der Waals surface area contributed by atoms with Gasteiger partial charge in [0.15, 0.2) is 0 Å². The van der Waals surface area contributed by atoms with Gasteiger partial charge in [0.1, 0.15) is 0 Å². The average molecular weight is 364 g/mol. The van der Waals surface area contributed by atoms with Crippen molar-refractivity contribution in [2.45, 2.75) is 38.5 Å². The lowest BCUT2D eigenvalue weighted by Gasteiger charge is -2.50. The smallest absolute Gasteiger partial charge is 0.0706 e. The van der Waals surface area contributed by atoms with E-state index in [1.165, 1.54) is 0 Å². The standard InChI is InChI=1S/C20H23Cl2NO/c1-12-18(14-4-8-16(21)9-5-14)23-19(13(2)20(12,3)24)15-6-10-17(22)11-7-15/h4-13,18-19,23-24H,1-3H3/t12-,13-,18-,19-/m0/s1. The molecule has 1 heterocycles. The molecule has 2 aromatic carbocycles. The first-order chi connectivity index (χ1) is 11.3. The fourth-order valence-corrected chi connectivity index (χ4v) is 3.93. The second-order valence-corrected chi connectivity index (χ2v) is 7.90. The summed E-state index contributed by atoms with van der Waals surface area (Å²) in [6.45, 7) is 6.14. The van der Waals surface area contributed by atoms with Crippen LogP contribution in [0.1, 0.15) is 44.0 Å². The minimum Gasteiger partial charge on any atom is -0.389 e. The second-order valence-electron chi connectivity index (χ2n) is 7.03. The topological polar surface area (TPSA) is 32.3 Å². The summed E-state index contributed by atoms with van der Waals surface area (Å²) >= 11 is 12.0. The molecule has 24 heavy (non-hydrogen) atoms. The molecule has 1 saturated heterocycles. The van der Waals surface area contributed by atoms with Crippen molar-refractivity contribution in [1.82, 2.24) is 5.32 Å². The van der Waals surface area contributed by atoms with E-state index < -0.39 is 5.60 Å². The number of piperidine rings is 1. The average Bonchev–Trinajstić information content (AvgIpc) is 2.56. The summed E-state index contributed by atoms with van der Waals surface area (Å²) in [7, 11) is 0. The molecule has 2 N–H and O–H groups in total. The van der Waals surface area contributed by atoms with Crippen LogP contribution in [0.25, 0.3) is 0 Å². The predicted molar refractivity (Wildman–Crippen MR) is 100 cm³/mol. The number of aliphatic hydroxyl groups is 1. The zero-order valence-electron chi connectivity index (χ0n) is 14.1. The van der Waals surface area contributed by atoms with Crippen LogP contribution in [-0.2, 0) is 0 Å². The van der Waals surface area contributed by atoms with Gasteiger partial charge in [0.2, 0.25) is 0 Å². The number of rotatable bonds is 2. The summed E-state index contributed by atoms with van der Waals surface area (Å²) in [5, 5.41) is 16.4. The maximum absolute atomic E-state index is 11.2. The number of hydrogen-bond donors (Lipinski definition) is 2. The van der Waals surface area contributed by atoms with Crippen molar-refractivity contribution in [3.05, 3.63) is 69.7 Å². The molecule has 0 amide bonds. The maximum Gasteiger partial charge on any atom is 0.0706 e. The molecule has 3 rings (SSSR count). The molecular formula is C20H23Cl2NO. The molecule has 1 aliphatic heterocycles. The van der Waals surface area contributed by atoms with Crippen molar-refractivity contribution in [1.29, 1.82) is 0 Å². The minimum atomic E-state index is -0.792. The third kappa shape index (κ3) is 3.21. The molecule has 128 valence electrons. The third-order valence-corrected chi connectivity index (χ3v) is 6.17. The van der Waals surface area contributed by atoms with Crippen molar-refractivity contribution in [3.8, 4) is 0 Å². The summed E-state index contributed by atoms with van der Waals surface area (Å²) in [5.74, 6) is 0.134. The Balaban J connectivity index is 1.98. The molecular weight excluding hydrogens is 341 g/mol. The summed E-state index contributed by atoms with van der Waals surface area (Å²) in [4.78, 5) is 0. The highest BCUT2D eigenvalue weighted by molar-refractivity contribution is 6.30. The van der Waals surface area contributed by atoms with Gasteiger partial charge >= 0.3 is 0 Å². The molecule has 1 aliphatic rings. The number of nitrogens with one attached hydrogen (secondary N) is 1. The van der Waals surface area contributed by atoms with Gasteiger partial charge in [-0.2, -0.15) is 0 Å². The second kappa shape index (κ2) is 6.68. The molecule has 0 spiro atoms. The van der Waals surface area contributed by atoms with Gasteiger partial charge < -0.3 is 10.4 Å².